The summed E-state index contributed by atoms with van der Waals surface area (Å²) in [6.07, 6.45) is 2.20. The van der Waals surface area contributed by atoms with Crippen LogP contribution in [0.25, 0.3) is 0 Å². The molecule has 4 amide bonds. The molecule has 0 unspecified atom stereocenters. The highest BCUT2D eigenvalue weighted by Gasteiger charge is 2.56. The van der Waals surface area contributed by atoms with Gasteiger partial charge in [0.15, 0.2) is 0 Å². The third-order valence-electron chi connectivity index (χ3n) is 4.70. The molecule has 136 valence electrons. The molecule has 2 fully saturated rings. The van der Waals surface area contributed by atoms with Gasteiger partial charge in [-0.25, -0.2) is 4.79 Å². The Hall–Kier alpha value is -2.03. The third kappa shape index (κ3) is 3.51. The summed E-state index contributed by atoms with van der Waals surface area (Å²) in [5.41, 5.74) is -0.930. The number of nitrogens with one attached hydrogen (secondary N) is 2. The maximum absolute atomic E-state index is 13.0. The molecule has 2 aliphatic rings. The molecular weight excluding hydrogens is 342 g/mol. The second kappa shape index (κ2) is 6.05. The smallest absolute Gasteiger partial charge is 0.323 e. The molecule has 2 heterocycles. The zero-order valence-corrected chi connectivity index (χ0v) is 15.7. The Balaban J connectivity index is 1.72. The molecule has 1 saturated carbocycles. The van der Waals surface area contributed by atoms with Crippen molar-refractivity contribution in [3.05, 3.63) is 5.01 Å². The monoisotopic (exact) mass is 365 g/mol. The lowest BCUT2D eigenvalue weighted by Crippen LogP contribution is -2.54. The Morgan fingerprint density at radius 3 is 2.68 bits per heavy atom. The predicted molar refractivity (Wildman–Crippen MR) is 93.0 cm³/mol. The van der Waals surface area contributed by atoms with Gasteiger partial charge in [0.25, 0.3) is 5.91 Å². The molecule has 3 rings (SSSR count). The molecule has 0 bridgehead atoms. The van der Waals surface area contributed by atoms with Gasteiger partial charge < -0.3 is 5.32 Å². The SMILES string of the molecule is Cc1nnc(NC(=O)CN2C(=O)N[C@]3(C[C@H](C)CC(C)(C)C3)C2=O)s1. The van der Waals surface area contributed by atoms with Crippen molar-refractivity contribution in [3.63, 3.8) is 0 Å². The number of nitrogens with zero attached hydrogens (tertiary/aromatic N) is 3. The highest BCUT2D eigenvalue weighted by atomic mass is 32.1. The Labute approximate surface area is 150 Å². The first-order chi connectivity index (χ1) is 11.6. The molecule has 1 saturated heterocycles. The van der Waals surface area contributed by atoms with E-state index in [9.17, 15) is 14.4 Å². The molecule has 1 aromatic heterocycles. The van der Waals surface area contributed by atoms with Crippen molar-refractivity contribution < 1.29 is 14.4 Å². The number of hydrogen-bond donors (Lipinski definition) is 2. The second-order valence-corrected chi connectivity index (χ2v) is 9.11. The summed E-state index contributed by atoms with van der Waals surface area (Å²) in [5, 5.41) is 14.2. The summed E-state index contributed by atoms with van der Waals surface area (Å²) in [6, 6.07) is -0.501. The number of carbonyl (C=O) groups is 3. The van der Waals surface area contributed by atoms with Gasteiger partial charge in [-0.05, 0) is 37.5 Å². The summed E-state index contributed by atoms with van der Waals surface area (Å²) in [6.45, 7) is 7.77. The van der Waals surface area contributed by atoms with E-state index in [-0.39, 0.29) is 17.9 Å². The topological polar surface area (TPSA) is 104 Å². The number of urea groups is 1. The van der Waals surface area contributed by atoms with Gasteiger partial charge in [-0.2, -0.15) is 0 Å². The van der Waals surface area contributed by atoms with E-state index in [1.807, 2.05) is 0 Å². The van der Waals surface area contributed by atoms with Gasteiger partial charge in [-0.15, -0.1) is 10.2 Å². The lowest BCUT2D eigenvalue weighted by atomic mass is 9.64. The van der Waals surface area contributed by atoms with Gasteiger partial charge >= 0.3 is 6.03 Å². The number of aryl methyl sites for hydroxylation is 1. The van der Waals surface area contributed by atoms with Crippen molar-refractivity contribution in [1.29, 1.82) is 0 Å². The lowest BCUT2D eigenvalue weighted by Gasteiger charge is -2.43. The van der Waals surface area contributed by atoms with E-state index in [0.29, 0.717) is 23.9 Å². The molecule has 2 N–H and O–H groups in total. The summed E-state index contributed by atoms with van der Waals surface area (Å²) in [5.74, 6) is -0.438. The average molecular weight is 365 g/mol. The molecule has 2 atom stereocenters. The predicted octanol–water partition coefficient (Wildman–Crippen LogP) is 1.92. The molecule has 1 spiro atoms. The molecule has 25 heavy (non-hydrogen) atoms. The van der Waals surface area contributed by atoms with Gasteiger partial charge in [-0.3, -0.25) is 19.8 Å². The minimum Gasteiger partial charge on any atom is -0.323 e. The highest BCUT2D eigenvalue weighted by molar-refractivity contribution is 7.15. The fourth-order valence-corrected chi connectivity index (χ4v) is 4.91. The number of amides is 4. The van der Waals surface area contributed by atoms with Crippen molar-refractivity contribution in [2.75, 3.05) is 11.9 Å². The van der Waals surface area contributed by atoms with E-state index >= 15 is 0 Å². The van der Waals surface area contributed by atoms with Crippen LogP contribution in [-0.4, -0.2) is 45.0 Å². The van der Waals surface area contributed by atoms with Crippen LogP contribution in [0, 0.1) is 18.3 Å². The third-order valence-corrected chi connectivity index (χ3v) is 5.45. The minimum absolute atomic E-state index is 0.0387. The number of hydrogen-bond acceptors (Lipinski definition) is 6. The second-order valence-electron chi connectivity index (χ2n) is 7.93. The van der Waals surface area contributed by atoms with E-state index in [1.54, 1.807) is 6.92 Å². The Kier molecular flexibility index (Phi) is 4.30. The molecule has 1 aliphatic heterocycles. The summed E-state index contributed by atoms with van der Waals surface area (Å²) < 4.78 is 0. The van der Waals surface area contributed by atoms with E-state index in [2.05, 4.69) is 41.6 Å². The molecule has 9 heteroatoms. The van der Waals surface area contributed by atoms with Gasteiger partial charge in [0.05, 0.1) is 0 Å². The van der Waals surface area contributed by atoms with Crippen molar-refractivity contribution in [1.82, 2.24) is 20.4 Å². The van der Waals surface area contributed by atoms with Crippen molar-refractivity contribution in [2.24, 2.45) is 11.3 Å². The van der Waals surface area contributed by atoms with Crippen LogP contribution in [0.1, 0.15) is 45.0 Å². The maximum Gasteiger partial charge on any atom is 0.325 e. The number of rotatable bonds is 3. The number of carbonyl (C=O) groups excluding carboxylic acids is 3. The van der Waals surface area contributed by atoms with Gasteiger partial charge in [0.1, 0.15) is 17.1 Å². The maximum atomic E-state index is 13.0. The lowest BCUT2D eigenvalue weighted by molar-refractivity contribution is -0.136. The van der Waals surface area contributed by atoms with E-state index in [1.165, 1.54) is 11.3 Å². The minimum atomic E-state index is -0.891. The summed E-state index contributed by atoms with van der Waals surface area (Å²) in [7, 11) is 0. The van der Waals surface area contributed by atoms with Crippen molar-refractivity contribution >= 4 is 34.3 Å². The van der Waals surface area contributed by atoms with Crippen LogP contribution in [0.15, 0.2) is 0 Å². The van der Waals surface area contributed by atoms with Crippen molar-refractivity contribution in [2.45, 2.75) is 52.5 Å². The molecule has 1 aromatic rings. The Morgan fingerprint density at radius 1 is 1.36 bits per heavy atom. The van der Waals surface area contributed by atoms with Crippen LogP contribution in [0.3, 0.4) is 0 Å². The summed E-state index contributed by atoms with van der Waals surface area (Å²) in [4.78, 5) is 38.5. The van der Waals surface area contributed by atoms with Gasteiger partial charge in [-0.1, -0.05) is 32.1 Å². The average Bonchev–Trinajstić information content (AvgIpc) is 2.94. The van der Waals surface area contributed by atoms with Gasteiger partial charge in [0, 0.05) is 0 Å². The first-order valence-corrected chi connectivity index (χ1v) is 9.16. The Morgan fingerprint density at radius 2 is 2.08 bits per heavy atom. The van der Waals surface area contributed by atoms with Crippen LogP contribution in [0.4, 0.5) is 9.93 Å². The van der Waals surface area contributed by atoms with Crippen LogP contribution in [-0.2, 0) is 9.59 Å². The number of anilines is 1. The molecular formula is C16H23N5O3S. The van der Waals surface area contributed by atoms with Crippen LogP contribution in [0.5, 0.6) is 0 Å². The van der Waals surface area contributed by atoms with E-state index < -0.39 is 17.5 Å². The largest absolute Gasteiger partial charge is 0.325 e. The van der Waals surface area contributed by atoms with E-state index in [0.717, 1.165) is 16.3 Å². The quantitative estimate of drug-likeness (QED) is 0.797. The zero-order valence-electron chi connectivity index (χ0n) is 14.9. The number of imide groups is 1. The van der Waals surface area contributed by atoms with Crippen LogP contribution in [0.2, 0.25) is 0 Å². The van der Waals surface area contributed by atoms with Crippen LogP contribution >= 0.6 is 11.3 Å². The molecule has 0 radical (unpaired) electrons. The standard InChI is InChI=1S/C16H23N5O3S/c1-9-5-15(3,4)8-16(6-9)12(23)21(14(24)18-16)7-11(22)17-13-20-19-10(2)25-13/h9H,5-8H2,1-4H3,(H,18,24)(H,17,20,22)/t9-,16+/m1/s1. The fourth-order valence-electron chi connectivity index (χ4n) is 4.30. The first kappa shape index (κ1) is 17.8. The zero-order chi connectivity index (χ0) is 18.4. The normalized spacial score (nSPS) is 28.3. The number of aromatic nitrogens is 2. The van der Waals surface area contributed by atoms with Crippen molar-refractivity contribution in [3.8, 4) is 0 Å². The highest BCUT2D eigenvalue weighted by Crippen LogP contribution is 2.46. The first-order valence-electron chi connectivity index (χ1n) is 8.34. The molecule has 8 nitrogen and oxygen atoms in total. The summed E-state index contributed by atoms with van der Waals surface area (Å²) >= 11 is 1.24. The van der Waals surface area contributed by atoms with Crippen LogP contribution < -0.4 is 10.6 Å². The molecule has 0 aromatic carbocycles. The Bertz CT molecular complexity index is 731. The molecule has 1 aliphatic carbocycles. The van der Waals surface area contributed by atoms with Gasteiger partial charge in [0.2, 0.25) is 11.0 Å². The van der Waals surface area contributed by atoms with E-state index in [4.69, 9.17) is 0 Å². The fraction of sp³-hybridized carbons (Fsp3) is 0.688.